The second kappa shape index (κ2) is 6.79. The highest BCUT2D eigenvalue weighted by molar-refractivity contribution is 6.42. The average Bonchev–Trinajstić information content (AvgIpc) is 3.20. The summed E-state index contributed by atoms with van der Waals surface area (Å²) in [5.74, 6) is 0.339. The largest absolute Gasteiger partial charge is 0.354 e. The molecule has 0 spiro atoms. The molecule has 0 bridgehead atoms. The van der Waals surface area contributed by atoms with Crippen LogP contribution in [-0.4, -0.2) is 25.0 Å². The number of halogens is 2. The molecule has 0 radical (unpaired) electrons. The second-order valence-electron chi connectivity index (χ2n) is 5.30. The van der Waals surface area contributed by atoms with Crippen LogP contribution >= 0.6 is 23.2 Å². The van der Waals surface area contributed by atoms with Gasteiger partial charge in [0.25, 0.3) is 0 Å². The minimum absolute atomic E-state index is 0.0276. The highest BCUT2D eigenvalue weighted by atomic mass is 35.5. The molecule has 2 rings (SSSR count). The first kappa shape index (κ1) is 15.6. The Balaban J connectivity index is 1.88. The van der Waals surface area contributed by atoms with Crippen molar-refractivity contribution in [1.82, 2.24) is 10.6 Å². The lowest BCUT2D eigenvalue weighted by atomic mass is 10.1. The number of nitrogens with one attached hydrogen (secondary N) is 2. The summed E-state index contributed by atoms with van der Waals surface area (Å²) < 4.78 is 0. The summed E-state index contributed by atoms with van der Waals surface area (Å²) in [4.78, 5) is 12.1. The Labute approximate surface area is 130 Å². The van der Waals surface area contributed by atoms with E-state index in [1.807, 2.05) is 12.1 Å². The summed E-state index contributed by atoms with van der Waals surface area (Å²) in [5.41, 5.74) is 0.985. The van der Waals surface area contributed by atoms with Crippen molar-refractivity contribution < 1.29 is 4.79 Å². The van der Waals surface area contributed by atoms with Crippen LogP contribution in [0.1, 0.15) is 31.7 Å². The summed E-state index contributed by atoms with van der Waals surface area (Å²) in [7, 11) is 0. The van der Waals surface area contributed by atoms with Gasteiger partial charge in [-0.15, -0.1) is 0 Å². The molecule has 0 heterocycles. The Morgan fingerprint density at radius 2 is 2.20 bits per heavy atom. The van der Waals surface area contributed by atoms with E-state index in [0.29, 0.717) is 16.6 Å². The average molecular weight is 315 g/mol. The zero-order valence-corrected chi connectivity index (χ0v) is 13.3. The third kappa shape index (κ3) is 3.66. The van der Waals surface area contributed by atoms with Gasteiger partial charge in [-0.25, -0.2) is 0 Å². The second-order valence-corrected chi connectivity index (χ2v) is 6.08. The van der Waals surface area contributed by atoms with E-state index in [-0.39, 0.29) is 23.8 Å². The van der Waals surface area contributed by atoms with E-state index < -0.39 is 0 Å². The van der Waals surface area contributed by atoms with E-state index >= 15 is 0 Å². The molecule has 3 nitrogen and oxygen atoms in total. The maximum absolute atomic E-state index is 12.1. The van der Waals surface area contributed by atoms with Crippen molar-refractivity contribution in [1.29, 1.82) is 0 Å². The van der Waals surface area contributed by atoms with Crippen LogP contribution < -0.4 is 10.6 Å². The fourth-order valence-electron chi connectivity index (χ4n) is 2.44. The quantitative estimate of drug-likeness (QED) is 0.846. The summed E-state index contributed by atoms with van der Waals surface area (Å²) >= 11 is 12.2. The molecule has 0 saturated heterocycles. The van der Waals surface area contributed by atoms with Crippen molar-refractivity contribution >= 4 is 29.1 Å². The van der Waals surface area contributed by atoms with Gasteiger partial charge >= 0.3 is 0 Å². The maximum Gasteiger partial charge on any atom is 0.223 e. The third-order valence-corrected chi connectivity index (χ3v) is 4.48. The minimum atomic E-state index is 0.0276. The molecule has 1 amide bonds. The summed E-state index contributed by atoms with van der Waals surface area (Å²) in [6, 6.07) is 5.89. The molecule has 1 aliphatic carbocycles. The molecule has 2 unspecified atom stereocenters. The monoisotopic (exact) mass is 314 g/mol. The van der Waals surface area contributed by atoms with Gasteiger partial charge < -0.3 is 10.6 Å². The van der Waals surface area contributed by atoms with Crippen molar-refractivity contribution in [3.05, 3.63) is 33.8 Å². The van der Waals surface area contributed by atoms with E-state index in [1.54, 1.807) is 6.07 Å². The van der Waals surface area contributed by atoms with Crippen LogP contribution in [0, 0.1) is 5.92 Å². The normalized spacial score (nSPS) is 22.4. The molecule has 2 N–H and O–H groups in total. The number of carbonyl (C=O) groups excluding carboxylic acids is 1. The lowest BCUT2D eigenvalue weighted by Crippen LogP contribution is -2.39. The van der Waals surface area contributed by atoms with E-state index in [4.69, 9.17) is 23.2 Å². The summed E-state index contributed by atoms with van der Waals surface area (Å²) in [6.45, 7) is 5.67. The van der Waals surface area contributed by atoms with Crippen LogP contribution in [0.2, 0.25) is 10.0 Å². The van der Waals surface area contributed by atoms with Gasteiger partial charge in [0.05, 0.1) is 10.0 Å². The van der Waals surface area contributed by atoms with Crippen LogP contribution in [0.15, 0.2) is 18.2 Å². The molecule has 1 aromatic carbocycles. The van der Waals surface area contributed by atoms with Crippen LogP contribution in [0.4, 0.5) is 0 Å². The molecule has 0 aromatic heterocycles. The van der Waals surface area contributed by atoms with Crippen LogP contribution in [0.3, 0.4) is 0 Å². The van der Waals surface area contributed by atoms with Crippen molar-refractivity contribution in [3.63, 3.8) is 0 Å². The Morgan fingerprint density at radius 1 is 1.45 bits per heavy atom. The molecular formula is C15H20Cl2N2O. The molecule has 0 aliphatic heterocycles. The number of hydrogen-bond acceptors (Lipinski definition) is 2. The van der Waals surface area contributed by atoms with Crippen molar-refractivity contribution in [2.24, 2.45) is 5.92 Å². The first-order chi connectivity index (χ1) is 9.54. The number of amides is 1. The standard InChI is InChI=1S/C15H20Cl2N2O/c1-3-18-9(2)8-19-15(20)12-7-11(12)10-5-4-6-13(16)14(10)17/h4-6,9,11-12,18H,3,7-8H2,1-2H3,(H,19,20)/t9-,11?,12?/m1/s1. The zero-order valence-electron chi connectivity index (χ0n) is 11.7. The van der Waals surface area contributed by atoms with Gasteiger partial charge in [0.1, 0.15) is 0 Å². The zero-order chi connectivity index (χ0) is 14.7. The van der Waals surface area contributed by atoms with Crippen molar-refractivity contribution in [2.75, 3.05) is 13.1 Å². The van der Waals surface area contributed by atoms with Gasteiger partial charge in [-0.2, -0.15) is 0 Å². The van der Waals surface area contributed by atoms with E-state index in [2.05, 4.69) is 24.5 Å². The fraction of sp³-hybridized carbons (Fsp3) is 0.533. The van der Waals surface area contributed by atoms with E-state index in [1.165, 1.54) is 0 Å². The number of benzene rings is 1. The topological polar surface area (TPSA) is 41.1 Å². The Bertz CT molecular complexity index is 493. The fourth-order valence-corrected chi connectivity index (χ4v) is 2.89. The lowest BCUT2D eigenvalue weighted by Gasteiger charge is -2.13. The molecular weight excluding hydrogens is 295 g/mol. The SMILES string of the molecule is CCN[C@H](C)CNC(=O)C1CC1c1cccc(Cl)c1Cl. The molecule has 1 aliphatic rings. The highest BCUT2D eigenvalue weighted by Crippen LogP contribution is 2.50. The number of hydrogen-bond donors (Lipinski definition) is 2. The van der Waals surface area contributed by atoms with Gasteiger partial charge in [-0.1, -0.05) is 42.3 Å². The minimum Gasteiger partial charge on any atom is -0.354 e. The number of likely N-dealkylation sites (N-methyl/N-ethyl adjacent to an activating group) is 1. The number of rotatable bonds is 6. The molecule has 1 aromatic rings. The molecule has 5 heteroatoms. The number of carbonyl (C=O) groups is 1. The van der Waals surface area contributed by atoms with Gasteiger partial charge in [0, 0.05) is 18.5 Å². The van der Waals surface area contributed by atoms with E-state index in [9.17, 15) is 4.79 Å². The highest BCUT2D eigenvalue weighted by Gasteiger charge is 2.44. The predicted molar refractivity (Wildman–Crippen MR) is 83.5 cm³/mol. The first-order valence-electron chi connectivity index (χ1n) is 6.99. The van der Waals surface area contributed by atoms with Gasteiger partial charge in [-0.05, 0) is 37.4 Å². The Kier molecular flexibility index (Phi) is 5.30. The molecule has 1 fully saturated rings. The predicted octanol–water partition coefficient (Wildman–Crippen LogP) is 3.21. The van der Waals surface area contributed by atoms with Gasteiger partial charge in [0.2, 0.25) is 5.91 Å². The summed E-state index contributed by atoms with van der Waals surface area (Å²) in [5, 5.41) is 7.38. The first-order valence-corrected chi connectivity index (χ1v) is 7.75. The molecule has 1 saturated carbocycles. The van der Waals surface area contributed by atoms with E-state index in [0.717, 1.165) is 18.5 Å². The Hall–Kier alpha value is -0.770. The summed E-state index contributed by atoms with van der Waals surface area (Å²) in [6.07, 6.45) is 0.849. The van der Waals surface area contributed by atoms with Crippen molar-refractivity contribution in [3.8, 4) is 0 Å². The Morgan fingerprint density at radius 3 is 2.90 bits per heavy atom. The van der Waals surface area contributed by atoms with Crippen LogP contribution in [-0.2, 0) is 4.79 Å². The molecule has 3 atom stereocenters. The third-order valence-electron chi connectivity index (χ3n) is 3.64. The van der Waals surface area contributed by atoms with Gasteiger partial charge in [0.15, 0.2) is 0 Å². The molecule has 20 heavy (non-hydrogen) atoms. The smallest absolute Gasteiger partial charge is 0.223 e. The molecule has 110 valence electrons. The van der Waals surface area contributed by atoms with Crippen LogP contribution in [0.5, 0.6) is 0 Å². The van der Waals surface area contributed by atoms with Crippen LogP contribution in [0.25, 0.3) is 0 Å². The van der Waals surface area contributed by atoms with Crippen molar-refractivity contribution in [2.45, 2.75) is 32.2 Å². The maximum atomic E-state index is 12.1. The van der Waals surface area contributed by atoms with Gasteiger partial charge in [-0.3, -0.25) is 4.79 Å². The lowest BCUT2D eigenvalue weighted by molar-refractivity contribution is -0.122.